The molecule has 0 fully saturated rings. The van der Waals surface area contributed by atoms with Gasteiger partial charge in [0.2, 0.25) is 0 Å². The second-order valence-electron chi connectivity index (χ2n) is 5.03. The Labute approximate surface area is 131 Å². The van der Waals surface area contributed by atoms with E-state index < -0.39 is 0 Å². The number of anilines is 1. The molecule has 4 heteroatoms. The van der Waals surface area contributed by atoms with E-state index in [1.165, 1.54) is 11.1 Å². The lowest BCUT2D eigenvalue weighted by atomic mass is 10.1. The Kier molecular flexibility index (Phi) is 5.72. The van der Waals surface area contributed by atoms with Crippen LogP contribution in [0.1, 0.15) is 11.1 Å². The molecule has 0 aliphatic heterocycles. The highest BCUT2D eigenvalue weighted by atomic mass is 32.1. The maximum atomic E-state index is 9.49. The number of rotatable bonds is 5. The first-order valence-electron chi connectivity index (χ1n) is 6.96. The van der Waals surface area contributed by atoms with Gasteiger partial charge in [0.25, 0.3) is 0 Å². The molecule has 2 rings (SSSR count). The quantitative estimate of drug-likeness (QED) is 0.743. The average Bonchev–Trinajstić information content (AvgIpc) is 2.50. The molecular weight excluding hydrogens is 280 g/mol. The fraction of sp³-hybridized carbons (Fsp3) is 0.235. The molecule has 1 unspecified atom stereocenters. The van der Waals surface area contributed by atoms with Gasteiger partial charge in [0.05, 0.1) is 12.6 Å². The van der Waals surface area contributed by atoms with Crippen molar-refractivity contribution in [3.63, 3.8) is 0 Å². The van der Waals surface area contributed by atoms with E-state index in [1.807, 2.05) is 61.5 Å². The van der Waals surface area contributed by atoms with Crippen molar-refractivity contribution in [1.82, 2.24) is 5.32 Å². The van der Waals surface area contributed by atoms with Gasteiger partial charge in [-0.05, 0) is 43.3 Å². The maximum absolute atomic E-state index is 9.49. The van der Waals surface area contributed by atoms with E-state index in [4.69, 9.17) is 12.2 Å². The molecule has 1 atom stereocenters. The van der Waals surface area contributed by atoms with Crippen LogP contribution in [0.25, 0.3) is 0 Å². The van der Waals surface area contributed by atoms with Gasteiger partial charge >= 0.3 is 0 Å². The molecule has 0 aliphatic carbocycles. The lowest BCUT2D eigenvalue weighted by Gasteiger charge is -2.19. The Bertz CT molecular complexity index is 569. The fourth-order valence-electron chi connectivity index (χ4n) is 2.05. The molecule has 0 radical (unpaired) electrons. The SMILES string of the molecule is Cc1ccc(NC(=S)NC(CO)Cc2ccccc2)cc1. The van der Waals surface area contributed by atoms with Crippen molar-refractivity contribution in [1.29, 1.82) is 0 Å². The van der Waals surface area contributed by atoms with Crippen LogP contribution in [0.4, 0.5) is 5.69 Å². The van der Waals surface area contributed by atoms with Crippen LogP contribution in [0.2, 0.25) is 0 Å². The van der Waals surface area contributed by atoms with E-state index in [-0.39, 0.29) is 12.6 Å². The number of aliphatic hydroxyl groups is 1. The molecule has 21 heavy (non-hydrogen) atoms. The molecule has 0 bridgehead atoms. The predicted octanol–water partition coefficient (Wildman–Crippen LogP) is 2.89. The summed E-state index contributed by atoms with van der Waals surface area (Å²) in [4.78, 5) is 0. The molecule has 3 N–H and O–H groups in total. The summed E-state index contributed by atoms with van der Waals surface area (Å²) in [6, 6.07) is 18.0. The molecule has 0 saturated heterocycles. The smallest absolute Gasteiger partial charge is 0.171 e. The van der Waals surface area contributed by atoms with Crippen molar-refractivity contribution in [2.24, 2.45) is 0 Å². The minimum absolute atomic E-state index is 0.0324. The van der Waals surface area contributed by atoms with Crippen LogP contribution in [0, 0.1) is 6.92 Å². The van der Waals surface area contributed by atoms with Crippen LogP contribution in [0.5, 0.6) is 0 Å². The average molecular weight is 300 g/mol. The molecule has 3 nitrogen and oxygen atoms in total. The molecule has 0 spiro atoms. The number of hydrogen-bond acceptors (Lipinski definition) is 2. The van der Waals surface area contributed by atoms with Crippen molar-refractivity contribution in [3.8, 4) is 0 Å². The molecule has 110 valence electrons. The summed E-state index contributed by atoms with van der Waals surface area (Å²) >= 11 is 5.29. The first-order chi connectivity index (χ1) is 10.2. The van der Waals surface area contributed by atoms with Crippen LogP contribution in [-0.4, -0.2) is 22.9 Å². The molecule has 0 saturated carbocycles. The standard InChI is InChI=1S/C17H20N2OS/c1-13-7-9-15(10-8-13)18-17(21)19-16(12-20)11-14-5-3-2-4-6-14/h2-10,16,20H,11-12H2,1H3,(H2,18,19,21). The van der Waals surface area contributed by atoms with Crippen LogP contribution in [0.15, 0.2) is 54.6 Å². The summed E-state index contributed by atoms with van der Waals surface area (Å²) < 4.78 is 0. The summed E-state index contributed by atoms with van der Waals surface area (Å²) in [5.74, 6) is 0. The highest BCUT2D eigenvalue weighted by Crippen LogP contribution is 2.09. The normalized spacial score (nSPS) is 11.7. The highest BCUT2D eigenvalue weighted by molar-refractivity contribution is 7.80. The van der Waals surface area contributed by atoms with Crippen molar-refractivity contribution in [2.75, 3.05) is 11.9 Å². The third-order valence-corrected chi connectivity index (χ3v) is 3.41. The van der Waals surface area contributed by atoms with Crippen LogP contribution < -0.4 is 10.6 Å². The van der Waals surface area contributed by atoms with Gasteiger partial charge in [-0.1, -0.05) is 48.0 Å². The summed E-state index contributed by atoms with van der Waals surface area (Å²) in [5.41, 5.74) is 3.31. The van der Waals surface area contributed by atoms with Crippen molar-refractivity contribution >= 4 is 23.0 Å². The highest BCUT2D eigenvalue weighted by Gasteiger charge is 2.09. The molecule has 0 heterocycles. The van der Waals surface area contributed by atoms with Crippen molar-refractivity contribution in [3.05, 3.63) is 65.7 Å². The van der Waals surface area contributed by atoms with E-state index in [0.717, 1.165) is 12.1 Å². The van der Waals surface area contributed by atoms with Gasteiger partial charge in [-0.25, -0.2) is 0 Å². The number of nitrogens with one attached hydrogen (secondary N) is 2. The zero-order valence-electron chi connectivity index (χ0n) is 12.0. The lowest BCUT2D eigenvalue weighted by Crippen LogP contribution is -2.41. The summed E-state index contributed by atoms with van der Waals surface area (Å²) in [6.07, 6.45) is 0.729. The van der Waals surface area contributed by atoms with Crippen LogP contribution in [-0.2, 0) is 6.42 Å². The van der Waals surface area contributed by atoms with Gasteiger partial charge in [0.1, 0.15) is 0 Å². The molecule has 2 aromatic carbocycles. The summed E-state index contributed by atoms with van der Waals surface area (Å²) in [7, 11) is 0. The van der Waals surface area contributed by atoms with Crippen molar-refractivity contribution in [2.45, 2.75) is 19.4 Å². The molecule has 0 aromatic heterocycles. The van der Waals surface area contributed by atoms with E-state index in [2.05, 4.69) is 10.6 Å². The molecule has 0 aliphatic rings. The van der Waals surface area contributed by atoms with E-state index in [9.17, 15) is 5.11 Å². The monoisotopic (exact) mass is 300 g/mol. The fourth-order valence-corrected chi connectivity index (χ4v) is 2.33. The van der Waals surface area contributed by atoms with E-state index in [0.29, 0.717) is 5.11 Å². The second-order valence-corrected chi connectivity index (χ2v) is 5.44. The minimum atomic E-state index is -0.0992. The lowest BCUT2D eigenvalue weighted by molar-refractivity contribution is 0.255. The predicted molar refractivity (Wildman–Crippen MR) is 91.6 cm³/mol. The first kappa shape index (κ1) is 15.5. The summed E-state index contributed by atoms with van der Waals surface area (Å²) in [5, 5.41) is 16.3. The zero-order chi connectivity index (χ0) is 15.1. The first-order valence-corrected chi connectivity index (χ1v) is 7.37. The van der Waals surface area contributed by atoms with Gasteiger partial charge in [0, 0.05) is 5.69 Å². The Morgan fingerprint density at radius 1 is 1.10 bits per heavy atom. The van der Waals surface area contributed by atoms with Gasteiger partial charge < -0.3 is 15.7 Å². The Morgan fingerprint density at radius 2 is 1.76 bits per heavy atom. The largest absolute Gasteiger partial charge is 0.394 e. The van der Waals surface area contributed by atoms with Crippen LogP contribution >= 0.6 is 12.2 Å². The number of thiocarbonyl (C=S) groups is 1. The maximum Gasteiger partial charge on any atom is 0.171 e. The van der Waals surface area contributed by atoms with Gasteiger partial charge in [0.15, 0.2) is 5.11 Å². The number of benzene rings is 2. The van der Waals surface area contributed by atoms with E-state index in [1.54, 1.807) is 0 Å². The third kappa shape index (κ3) is 5.17. The minimum Gasteiger partial charge on any atom is -0.394 e. The van der Waals surface area contributed by atoms with Crippen molar-refractivity contribution < 1.29 is 5.11 Å². The van der Waals surface area contributed by atoms with Gasteiger partial charge in [-0.15, -0.1) is 0 Å². The second kappa shape index (κ2) is 7.76. The topological polar surface area (TPSA) is 44.3 Å². The molecule has 2 aromatic rings. The van der Waals surface area contributed by atoms with E-state index >= 15 is 0 Å². The Balaban J connectivity index is 1.89. The molecule has 0 amide bonds. The number of hydrogen-bond donors (Lipinski definition) is 3. The number of aryl methyl sites for hydroxylation is 1. The zero-order valence-corrected chi connectivity index (χ0v) is 12.9. The van der Waals surface area contributed by atoms with Crippen LogP contribution in [0.3, 0.4) is 0 Å². The van der Waals surface area contributed by atoms with Gasteiger partial charge in [-0.3, -0.25) is 0 Å². The Hall–Kier alpha value is -1.91. The summed E-state index contributed by atoms with van der Waals surface area (Å²) in [6.45, 7) is 2.08. The third-order valence-electron chi connectivity index (χ3n) is 3.19. The van der Waals surface area contributed by atoms with Gasteiger partial charge in [-0.2, -0.15) is 0 Å². The molecular formula is C17H20N2OS. The number of aliphatic hydroxyl groups excluding tert-OH is 1. The Morgan fingerprint density at radius 3 is 2.38 bits per heavy atom.